The first-order valence-electron chi connectivity index (χ1n) is 9.59. The van der Waals surface area contributed by atoms with Crippen molar-refractivity contribution in [2.24, 2.45) is 7.05 Å². The molecule has 170 valence electrons. The van der Waals surface area contributed by atoms with Crippen LogP contribution in [0, 0.1) is 6.92 Å². The molecule has 1 N–H and O–H groups in total. The van der Waals surface area contributed by atoms with Gasteiger partial charge in [0.05, 0.1) is 33.1 Å². The molecule has 0 bridgehead atoms. The molecule has 1 aromatic heterocycles. The Hall–Kier alpha value is -1.64. The fourth-order valence-corrected chi connectivity index (χ4v) is 4.36. The third kappa shape index (κ3) is 6.68. The third-order valence-corrected chi connectivity index (χ3v) is 6.77. The maximum atomic E-state index is 12.3. The molecular weight excluding hydrogens is 514 g/mol. The zero-order chi connectivity index (χ0) is 23.3. The summed E-state index contributed by atoms with van der Waals surface area (Å²) in [5, 5.41) is 13.4. The van der Waals surface area contributed by atoms with Crippen LogP contribution in [0.25, 0.3) is 0 Å². The van der Waals surface area contributed by atoms with Gasteiger partial charge in [0.1, 0.15) is 11.6 Å². The maximum absolute atomic E-state index is 12.3. The first kappa shape index (κ1) is 25.0. The molecule has 2 aromatic carbocycles. The van der Waals surface area contributed by atoms with Gasteiger partial charge in [-0.3, -0.25) is 4.79 Å². The van der Waals surface area contributed by atoms with Crippen molar-refractivity contribution in [2.75, 3.05) is 17.7 Å². The van der Waals surface area contributed by atoms with Gasteiger partial charge in [-0.15, -0.1) is 10.2 Å². The van der Waals surface area contributed by atoms with Crippen molar-refractivity contribution >= 4 is 69.8 Å². The summed E-state index contributed by atoms with van der Waals surface area (Å²) in [4.78, 5) is 12.3. The molecule has 32 heavy (non-hydrogen) atoms. The summed E-state index contributed by atoms with van der Waals surface area (Å²) in [7, 11) is 1.87. The maximum Gasteiger partial charge on any atom is 0.234 e. The molecule has 0 radical (unpaired) electrons. The van der Waals surface area contributed by atoms with Crippen LogP contribution in [0.3, 0.4) is 0 Å². The largest absolute Gasteiger partial charge is 0.493 e. The minimum atomic E-state index is -0.244. The number of benzene rings is 2. The molecule has 1 heterocycles. The monoisotopic (exact) mass is 532 g/mol. The Balaban J connectivity index is 1.47. The van der Waals surface area contributed by atoms with Gasteiger partial charge in [-0.25, -0.2) is 0 Å². The number of aromatic nitrogens is 3. The first-order chi connectivity index (χ1) is 15.2. The van der Waals surface area contributed by atoms with Gasteiger partial charge < -0.3 is 14.6 Å². The highest BCUT2D eigenvalue weighted by Crippen LogP contribution is 2.32. The average molecular weight is 534 g/mol. The number of carbonyl (C=O) groups excluding carboxylic acids is 1. The minimum Gasteiger partial charge on any atom is -0.493 e. The summed E-state index contributed by atoms with van der Waals surface area (Å²) in [6.07, 6.45) is 1.47. The lowest BCUT2D eigenvalue weighted by atomic mass is 10.2. The second kappa shape index (κ2) is 11.5. The SMILES string of the molecule is Cc1cc(Cl)ccc1OCCCc1nnc(SCC(=O)Nc2cc(Cl)c(Cl)cc2Cl)n1C. The summed E-state index contributed by atoms with van der Waals surface area (Å²) in [6, 6.07) is 8.55. The van der Waals surface area contributed by atoms with E-state index in [4.69, 9.17) is 51.1 Å². The number of aryl methyl sites for hydroxylation is 2. The zero-order valence-corrected chi connectivity index (χ0v) is 21.1. The van der Waals surface area contributed by atoms with Crippen molar-refractivity contribution in [2.45, 2.75) is 24.9 Å². The van der Waals surface area contributed by atoms with Crippen LogP contribution in [0.4, 0.5) is 5.69 Å². The smallest absolute Gasteiger partial charge is 0.234 e. The van der Waals surface area contributed by atoms with E-state index in [0.29, 0.717) is 44.0 Å². The van der Waals surface area contributed by atoms with E-state index in [0.717, 1.165) is 23.6 Å². The molecule has 1 amide bonds. The molecule has 0 aliphatic carbocycles. The Morgan fingerprint density at radius 1 is 1.09 bits per heavy atom. The van der Waals surface area contributed by atoms with Crippen molar-refractivity contribution in [3.8, 4) is 5.75 Å². The highest BCUT2D eigenvalue weighted by molar-refractivity contribution is 7.99. The Morgan fingerprint density at radius 2 is 1.84 bits per heavy atom. The predicted molar refractivity (Wildman–Crippen MR) is 132 cm³/mol. The molecule has 0 saturated carbocycles. The quantitative estimate of drug-likeness (QED) is 0.193. The number of rotatable bonds is 9. The number of ether oxygens (including phenoxy) is 1. The molecule has 3 rings (SSSR count). The van der Waals surface area contributed by atoms with Gasteiger partial charge in [0.25, 0.3) is 0 Å². The predicted octanol–water partition coefficient (Wildman–Crippen LogP) is 6.48. The number of halogens is 4. The summed E-state index contributed by atoms with van der Waals surface area (Å²) >= 11 is 25.2. The van der Waals surface area contributed by atoms with E-state index in [1.165, 1.54) is 23.9 Å². The first-order valence-corrected chi connectivity index (χ1v) is 12.1. The molecule has 0 unspecified atom stereocenters. The van der Waals surface area contributed by atoms with Crippen molar-refractivity contribution in [1.82, 2.24) is 14.8 Å². The Morgan fingerprint density at radius 3 is 2.59 bits per heavy atom. The van der Waals surface area contributed by atoms with E-state index in [1.54, 1.807) is 0 Å². The second-order valence-corrected chi connectivity index (χ2v) is 9.50. The number of thioether (sulfide) groups is 1. The number of nitrogens with one attached hydrogen (secondary N) is 1. The molecule has 0 spiro atoms. The summed E-state index contributed by atoms with van der Waals surface area (Å²) < 4.78 is 7.69. The highest BCUT2D eigenvalue weighted by Gasteiger charge is 2.14. The van der Waals surface area contributed by atoms with Crippen LogP contribution in [-0.2, 0) is 18.3 Å². The van der Waals surface area contributed by atoms with Gasteiger partial charge in [-0.05, 0) is 49.2 Å². The summed E-state index contributed by atoms with van der Waals surface area (Å²) in [6.45, 7) is 2.50. The molecule has 0 atom stereocenters. The van der Waals surface area contributed by atoms with E-state index in [1.807, 2.05) is 36.7 Å². The van der Waals surface area contributed by atoms with Crippen molar-refractivity contribution in [3.63, 3.8) is 0 Å². The fraction of sp³-hybridized carbons (Fsp3) is 0.286. The Labute approximate surface area is 210 Å². The Kier molecular flexibility index (Phi) is 8.96. The molecular formula is C21H20Cl4N4O2S. The summed E-state index contributed by atoms with van der Waals surface area (Å²) in [5.41, 5.74) is 1.40. The van der Waals surface area contributed by atoms with E-state index >= 15 is 0 Å². The van der Waals surface area contributed by atoms with Crippen LogP contribution in [0.15, 0.2) is 35.5 Å². The van der Waals surface area contributed by atoms with Crippen molar-refractivity contribution in [3.05, 3.63) is 61.8 Å². The van der Waals surface area contributed by atoms with Crippen LogP contribution >= 0.6 is 58.2 Å². The van der Waals surface area contributed by atoms with Crippen LogP contribution < -0.4 is 10.1 Å². The van der Waals surface area contributed by atoms with E-state index in [-0.39, 0.29) is 11.7 Å². The van der Waals surface area contributed by atoms with Gasteiger partial charge >= 0.3 is 0 Å². The van der Waals surface area contributed by atoms with Gasteiger partial charge in [-0.1, -0.05) is 58.2 Å². The lowest BCUT2D eigenvalue weighted by molar-refractivity contribution is -0.113. The second-order valence-electron chi connectivity index (χ2n) is 6.90. The number of amides is 1. The molecule has 3 aromatic rings. The standard InChI is InChI=1S/C21H20Cl4N4O2S/c1-12-8-13(22)5-6-18(12)31-7-3-4-19-27-28-21(29(19)2)32-11-20(30)26-17-10-15(24)14(23)9-16(17)25/h5-6,8-10H,3-4,7,11H2,1-2H3,(H,26,30). The van der Waals surface area contributed by atoms with Crippen molar-refractivity contribution in [1.29, 1.82) is 0 Å². The number of anilines is 1. The van der Waals surface area contributed by atoms with Crippen LogP contribution in [-0.4, -0.2) is 33.0 Å². The molecule has 0 fully saturated rings. The number of hydrogen-bond donors (Lipinski definition) is 1. The van der Waals surface area contributed by atoms with Gasteiger partial charge in [0.15, 0.2) is 5.16 Å². The molecule has 0 aliphatic heterocycles. The minimum absolute atomic E-state index is 0.140. The normalized spacial score (nSPS) is 10.9. The van der Waals surface area contributed by atoms with Crippen LogP contribution in [0.2, 0.25) is 20.1 Å². The fourth-order valence-electron chi connectivity index (χ4n) is 2.81. The lowest BCUT2D eigenvalue weighted by Crippen LogP contribution is -2.15. The average Bonchev–Trinajstić information content (AvgIpc) is 3.08. The lowest BCUT2D eigenvalue weighted by Gasteiger charge is -2.09. The third-order valence-electron chi connectivity index (χ3n) is 4.48. The van der Waals surface area contributed by atoms with Gasteiger partial charge in [0, 0.05) is 18.5 Å². The van der Waals surface area contributed by atoms with Crippen LogP contribution in [0.1, 0.15) is 17.8 Å². The molecule has 0 aliphatic rings. The topological polar surface area (TPSA) is 69.0 Å². The molecule has 0 saturated heterocycles. The van der Waals surface area contributed by atoms with E-state index in [2.05, 4.69) is 15.5 Å². The van der Waals surface area contributed by atoms with Crippen LogP contribution in [0.5, 0.6) is 5.75 Å². The van der Waals surface area contributed by atoms with Gasteiger partial charge in [0.2, 0.25) is 5.91 Å². The van der Waals surface area contributed by atoms with Crippen molar-refractivity contribution < 1.29 is 9.53 Å². The zero-order valence-electron chi connectivity index (χ0n) is 17.3. The molecule has 6 nitrogen and oxygen atoms in total. The number of carbonyl (C=O) groups is 1. The van der Waals surface area contributed by atoms with E-state index in [9.17, 15) is 4.79 Å². The van der Waals surface area contributed by atoms with E-state index < -0.39 is 0 Å². The molecule has 11 heteroatoms. The Bertz CT molecular complexity index is 1120. The van der Waals surface area contributed by atoms with Gasteiger partial charge in [-0.2, -0.15) is 0 Å². The number of hydrogen-bond acceptors (Lipinski definition) is 5. The number of nitrogens with zero attached hydrogens (tertiary/aromatic N) is 3. The highest BCUT2D eigenvalue weighted by atomic mass is 35.5. The summed E-state index contributed by atoms with van der Waals surface area (Å²) in [5.74, 6) is 1.53.